The van der Waals surface area contributed by atoms with Crippen molar-refractivity contribution in [1.29, 1.82) is 0 Å². The number of fused-ring (bicyclic) bond motifs is 1. The average Bonchev–Trinajstić information content (AvgIpc) is 3.43. The van der Waals surface area contributed by atoms with Crippen LogP contribution in [-0.4, -0.2) is 30.8 Å². The molecule has 1 aliphatic rings. The number of rotatable bonds is 5. The molecule has 0 atom stereocenters. The first-order valence-electron chi connectivity index (χ1n) is 10.3. The van der Waals surface area contributed by atoms with E-state index in [1.54, 1.807) is 6.20 Å². The van der Waals surface area contributed by atoms with Crippen molar-refractivity contribution in [2.75, 3.05) is 16.2 Å². The fourth-order valence-corrected chi connectivity index (χ4v) is 6.14. The van der Waals surface area contributed by atoms with Crippen molar-refractivity contribution < 1.29 is 13.2 Å². The molecule has 9 heteroatoms. The first-order valence-corrected chi connectivity index (χ1v) is 12.6. The second-order valence-corrected chi connectivity index (χ2v) is 10.6. The van der Waals surface area contributed by atoms with Crippen LogP contribution in [0.2, 0.25) is 0 Å². The fraction of sp³-hybridized carbons (Fsp3) is 0.125. The van der Waals surface area contributed by atoms with E-state index in [0.717, 1.165) is 21.8 Å². The summed E-state index contributed by atoms with van der Waals surface area (Å²) < 4.78 is 27.7. The normalized spacial score (nSPS) is 13.1. The summed E-state index contributed by atoms with van der Waals surface area (Å²) in [5.41, 5.74) is 3.54. The van der Waals surface area contributed by atoms with E-state index in [2.05, 4.69) is 15.3 Å². The molecule has 0 unspecified atom stereocenters. The number of aryl methyl sites for hydroxylation is 1. The number of nitrogens with zero attached hydrogens (tertiary/aromatic N) is 3. The Labute approximate surface area is 195 Å². The number of hydrogen-bond donors (Lipinski definition) is 1. The molecule has 0 saturated carbocycles. The molecule has 2 aromatic carbocycles. The van der Waals surface area contributed by atoms with Crippen LogP contribution in [0.25, 0.3) is 11.4 Å². The standard InChI is InChI=1S/C24H20N4O3S2/c1-16-22(20-7-4-5-14-25-20)26-24(32-16)27-23(29)18-9-11-19(12-10-18)33(30,31)28-15-13-17-6-2-3-8-21(17)28/h2-12,14H,13,15H2,1H3,(H,26,27,29). The first-order chi connectivity index (χ1) is 15.9. The lowest BCUT2D eigenvalue weighted by atomic mass is 10.2. The average molecular weight is 477 g/mol. The van der Waals surface area contributed by atoms with Gasteiger partial charge in [-0.05, 0) is 61.4 Å². The Hall–Kier alpha value is -3.56. The van der Waals surface area contributed by atoms with Gasteiger partial charge in [-0.3, -0.25) is 19.4 Å². The number of para-hydroxylation sites is 1. The summed E-state index contributed by atoms with van der Waals surface area (Å²) in [5.74, 6) is -0.355. The Morgan fingerprint density at radius 1 is 1.03 bits per heavy atom. The van der Waals surface area contributed by atoms with Crippen LogP contribution in [0.1, 0.15) is 20.8 Å². The second kappa shape index (κ2) is 8.42. The lowest BCUT2D eigenvalue weighted by Gasteiger charge is -2.19. The summed E-state index contributed by atoms with van der Waals surface area (Å²) in [6.45, 7) is 2.33. The Kier molecular flexibility index (Phi) is 5.43. The molecule has 33 heavy (non-hydrogen) atoms. The zero-order chi connectivity index (χ0) is 23.0. The van der Waals surface area contributed by atoms with Gasteiger partial charge in [-0.1, -0.05) is 24.3 Å². The Balaban J connectivity index is 1.34. The van der Waals surface area contributed by atoms with Crippen LogP contribution in [0.3, 0.4) is 0 Å². The minimum Gasteiger partial charge on any atom is -0.298 e. The summed E-state index contributed by atoms with van der Waals surface area (Å²) in [5, 5.41) is 3.26. The van der Waals surface area contributed by atoms with E-state index in [-0.39, 0.29) is 10.8 Å². The second-order valence-electron chi connectivity index (χ2n) is 7.57. The third-order valence-corrected chi connectivity index (χ3v) is 8.19. The van der Waals surface area contributed by atoms with E-state index in [0.29, 0.717) is 29.3 Å². The van der Waals surface area contributed by atoms with Crippen LogP contribution in [-0.2, 0) is 16.4 Å². The van der Waals surface area contributed by atoms with Crippen LogP contribution < -0.4 is 9.62 Å². The van der Waals surface area contributed by atoms with Crippen molar-refractivity contribution in [2.45, 2.75) is 18.2 Å². The minimum atomic E-state index is -3.70. The molecule has 0 bridgehead atoms. The quantitative estimate of drug-likeness (QED) is 0.457. The summed E-state index contributed by atoms with van der Waals surface area (Å²) >= 11 is 1.36. The van der Waals surface area contributed by atoms with E-state index < -0.39 is 10.0 Å². The summed E-state index contributed by atoms with van der Waals surface area (Å²) in [6, 6.07) is 19.1. The van der Waals surface area contributed by atoms with Gasteiger partial charge in [0.2, 0.25) is 0 Å². The number of anilines is 2. The Morgan fingerprint density at radius 3 is 2.55 bits per heavy atom. The lowest BCUT2D eigenvalue weighted by Crippen LogP contribution is -2.29. The highest BCUT2D eigenvalue weighted by Gasteiger charge is 2.30. The van der Waals surface area contributed by atoms with Gasteiger partial charge in [-0.15, -0.1) is 11.3 Å². The first kappa shape index (κ1) is 21.3. The molecular weight excluding hydrogens is 456 g/mol. The molecule has 3 heterocycles. The van der Waals surface area contributed by atoms with Gasteiger partial charge < -0.3 is 0 Å². The van der Waals surface area contributed by atoms with E-state index in [1.165, 1.54) is 39.9 Å². The van der Waals surface area contributed by atoms with Gasteiger partial charge in [0, 0.05) is 23.2 Å². The SMILES string of the molecule is Cc1sc(NC(=O)c2ccc(S(=O)(=O)N3CCc4ccccc43)cc2)nc1-c1ccccn1. The Bertz CT molecular complexity index is 1430. The predicted octanol–water partition coefficient (Wildman–Crippen LogP) is 4.52. The molecule has 0 radical (unpaired) electrons. The summed E-state index contributed by atoms with van der Waals surface area (Å²) in [6.07, 6.45) is 2.38. The van der Waals surface area contributed by atoms with Crippen molar-refractivity contribution in [1.82, 2.24) is 9.97 Å². The number of amides is 1. The van der Waals surface area contributed by atoms with Crippen molar-refractivity contribution >= 4 is 38.1 Å². The van der Waals surface area contributed by atoms with Crippen LogP contribution in [0.15, 0.2) is 77.8 Å². The predicted molar refractivity (Wildman–Crippen MR) is 129 cm³/mol. The molecule has 1 N–H and O–H groups in total. The highest BCUT2D eigenvalue weighted by Crippen LogP contribution is 2.33. The minimum absolute atomic E-state index is 0.151. The number of pyridine rings is 1. The zero-order valence-corrected chi connectivity index (χ0v) is 19.4. The number of nitrogens with one attached hydrogen (secondary N) is 1. The number of thiazole rings is 1. The van der Waals surface area contributed by atoms with Crippen molar-refractivity contribution in [3.05, 3.63) is 88.9 Å². The van der Waals surface area contributed by atoms with Gasteiger partial charge in [0.1, 0.15) is 5.69 Å². The third-order valence-electron chi connectivity index (χ3n) is 5.47. The number of aromatic nitrogens is 2. The van der Waals surface area contributed by atoms with Gasteiger partial charge >= 0.3 is 0 Å². The molecule has 1 amide bonds. The molecule has 0 aliphatic carbocycles. The molecule has 0 fully saturated rings. The fourth-order valence-electron chi connectivity index (χ4n) is 3.82. The number of hydrogen-bond acceptors (Lipinski definition) is 6. The van der Waals surface area contributed by atoms with Crippen molar-refractivity contribution in [2.24, 2.45) is 0 Å². The van der Waals surface area contributed by atoms with Gasteiger partial charge in [0.05, 0.1) is 16.3 Å². The molecule has 7 nitrogen and oxygen atoms in total. The molecule has 166 valence electrons. The molecule has 4 aromatic rings. The van der Waals surface area contributed by atoms with Crippen LogP contribution in [0.5, 0.6) is 0 Å². The summed E-state index contributed by atoms with van der Waals surface area (Å²) in [4.78, 5) is 22.6. The molecule has 5 rings (SSSR count). The number of carbonyl (C=O) groups excluding carboxylic acids is 1. The third kappa shape index (κ3) is 4.01. The molecule has 1 aliphatic heterocycles. The van der Waals surface area contributed by atoms with Crippen LogP contribution in [0, 0.1) is 6.92 Å². The van der Waals surface area contributed by atoms with Crippen molar-refractivity contribution in [3.63, 3.8) is 0 Å². The topological polar surface area (TPSA) is 92.3 Å². The highest BCUT2D eigenvalue weighted by molar-refractivity contribution is 7.92. The maximum Gasteiger partial charge on any atom is 0.264 e. The highest BCUT2D eigenvalue weighted by atomic mass is 32.2. The molecule has 0 saturated heterocycles. The Morgan fingerprint density at radius 2 is 1.79 bits per heavy atom. The van der Waals surface area contributed by atoms with E-state index in [4.69, 9.17) is 0 Å². The van der Waals surface area contributed by atoms with E-state index in [1.807, 2.05) is 49.4 Å². The maximum absolute atomic E-state index is 13.2. The van der Waals surface area contributed by atoms with Gasteiger partial charge in [0.25, 0.3) is 15.9 Å². The number of benzene rings is 2. The summed E-state index contributed by atoms with van der Waals surface area (Å²) in [7, 11) is -3.70. The lowest BCUT2D eigenvalue weighted by molar-refractivity contribution is 0.102. The monoisotopic (exact) mass is 476 g/mol. The largest absolute Gasteiger partial charge is 0.298 e. The molecule has 0 spiro atoms. The van der Waals surface area contributed by atoms with E-state index >= 15 is 0 Å². The molecule has 2 aromatic heterocycles. The van der Waals surface area contributed by atoms with Gasteiger partial charge in [0.15, 0.2) is 5.13 Å². The van der Waals surface area contributed by atoms with Crippen LogP contribution >= 0.6 is 11.3 Å². The van der Waals surface area contributed by atoms with E-state index in [9.17, 15) is 13.2 Å². The zero-order valence-electron chi connectivity index (χ0n) is 17.7. The van der Waals surface area contributed by atoms with Crippen molar-refractivity contribution in [3.8, 4) is 11.4 Å². The number of sulfonamides is 1. The molecular formula is C24H20N4O3S2. The van der Waals surface area contributed by atoms with Gasteiger partial charge in [-0.25, -0.2) is 13.4 Å². The smallest absolute Gasteiger partial charge is 0.264 e. The van der Waals surface area contributed by atoms with Gasteiger partial charge in [-0.2, -0.15) is 0 Å². The van der Waals surface area contributed by atoms with Crippen LogP contribution in [0.4, 0.5) is 10.8 Å². The maximum atomic E-state index is 13.2. The number of carbonyl (C=O) groups is 1.